The molecule has 1 atom stereocenters. The second kappa shape index (κ2) is 11.0. The highest BCUT2D eigenvalue weighted by molar-refractivity contribution is 7.99. The molecule has 2 rings (SSSR count). The zero-order valence-electron chi connectivity index (χ0n) is 14.2. The molecule has 0 bridgehead atoms. The molecule has 1 unspecified atom stereocenters. The van der Waals surface area contributed by atoms with E-state index in [1.807, 2.05) is 13.0 Å². The van der Waals surface area contributed by atoms with E-state index in [1.165, 1.54) is 5.56 Å². The smallest absolute Gasteiger partial charge is 0.235 e. The maximum absolute atomic E-state index is 12.5. The van der Waals surface area contributed by atoms with E-state index in [-0.39, 0.29) is 17.7 Å². The van der Waals surface area contributed by atoms with Gasteiger partial charge in [-0.15, -0.1) is 24.2 Å². The largest absolute Gasteiger partial charge is 0.342 e. The molecule has 23 heavy (non-hydrogen) atoms. The summed E-state index contributed by atoms with van der Waals surface area (Å²) < 4.78 is 0. The number of benzene rings is 1. The Balaban J connectivity index is 0.00000264. The molecule has 5 heteroatoms. The van der Waals surface area contributed by atoms with E-state index in [1.54, 1.807) is 11.8 Å². The highest BCUT2D eigenvalue weighted by Crippen LogP contribution is 2.22. The lowest BCUT2D eigenvalue weighted by molar-refractivity contribution is -0.131. The number of likely N-dealkylation sites (tertiary alicyclic amines) is 1. The first-order valence-corrected chi connectivity index (χ1v) is 9.40. The minimum Gasteiger partial charge on any atom is -0.342 e. The quantitative estimate of drug-likeness (QED) is 0.810. The topological polar surface area (TPSA) is 32.3 Å². The Morgan fingerprint density at radius 3 is 2.57 bits per heavy atom. The zero-order chi connectivity index (χ0) is 15.8. The number of hydrogen-bond donors (Lipinski definition) is 1. The highest BCUT2D eigenvalue weighted by Gasteiger charge is 2.25. The molecule has 0 aromatic heterocycles. The van der Waals surface area contributed by atoms with Gasteiger partial charge in [0.05, 0.1) is 5.25 Å². The summed E-state index contributed by atoms with van der Waals surface area (Å²) in [5, 5.41) is 3.46. The van der Waals surface area contributed by atoms with Crippen LogP contribution in [-0.2, 0) is 10.5 Å². The summed E-state index contributed by atoms with van der Waals surface area (Å²) in [4.78, 5) is 14.6. The lowest BCUT2D eigenvalue weighted by Crippen LogP contribution is -2.43. The first-order valence-electron chi connectivity index (χ1n) is 8.35. The van der Waals surface area contributed by atoms with Crippen molar-refractivity contribution in [3.63, 3.8) is 0 Å². The van der Waals surface area contributed by atoms with Crippen LogP contribution in [-0.4, -0.2) is 42.2 Å². The van der Waals surface area contributed by atoms with Crippen LogP contribution in [0.3, 0.4) is 0 Å². The van der Waals surface area contributed by atoms with Gasteiger partial charge >= 0.3 is 0 Å². The number of halogens is 1. The molecule has 0 radical (unpaired) electrons. The zero-order valence-corrected chi connectivity index (χ0v) is 15.8. The van der Waals surface area contributed by atoms with Crippen molar-refractivity contribution in [2.75, 3.05) is 26.2 Å². The minimum atomic E-state index is 0. The Labute approximate surface area is 151 Å². The van der Waals surface area contributed by atoms with Gasteiger partial charge in [0.2, 0.25) is 5.91 Å². The van der Waals surface area contributed by atoms with Crippen LogP contribution in [0.15, 0.2) is 30.3 Å². The van der Waals surface area contributed by atoms with Crippen molar-refractivity contribution in [1.29, 1.82) is 0 Å². The van der Waals surface area contributed by atoms with Gasteiger partial charge in [-0.1, -0.05) is 37.3 Å². The molecule has 0 spiro atoms. The van der Waals surface area contributed by atoms with Crippen molar-refractivity contribution in [2.24, 2.45) is 5.92 Å². The third-order valence-electron chi connectivity index (χ3n) is 4.30. The predicted octanol–water partition coefficient (Wildman–Crippen LogP) is 3.58. The molecule has 0 saturated carbocycles. The Kier molecular flexibility index (Phi) is 9.68. The van der Waals surface area contributed by atoms with Crippen LogP contribution >= 0.6 is 24.2 Å². The standard InChI is InChI=1S/C18H28N2OS.ClH/c1-3-19-13-16-9-11-20(12-10-16)18(21)15(2)22-14-17-7-5-4-6-8-17;/h4-8,15-16,19H,3,9-14H2,1-2H3;1H. The first-order chi connectivity index (χ1) is 10.7. The van der Waals surface area contributed by atoms with Gasteiger partial charge in [0.25, 0.3) is 0 Å². The van der Waals surface area contributed by atoms with Crippen molar-refractivity contribution in [2.45, 2.75) is 37.7 Å². The molecule has 1 aliphatic rings. The number of thioether (sulfide) groups is 1. The molecule has 1 aromatic carbocycles. The minimum absolute atomic E-state index is 0. The third kappa shape index (κ3) is 6.74. The van der Waals surface area contributed by atoms with Crippen LogP contribution in [0.1, 0.15) is 32.3 Å². The number of nitrogens with one attached hydrogen (secondary N) is 1. The van der Waals surface area contributed by atoms with Crippen molar-refractivity contribution in [3.8, 4) is 0 Å². The molecule has 1 N–H and O–H groups in total. The molecule has 3 nitrogen and oxygen atoms in total. The van der Waals surface area contributed by atoms with Crippen LogP contribution < -0.4 is 5.32 Å². The van der Waals surface area contributed by atoms with E-state index in [9.17, 15) is 4.79 Å². The molecule has 130 valence electrons. The summed E-state index contributed by atoms with van der Waals surface area (Å²) in [5.74, 6) is 1.95. The van der Waals surface area contributed by atoms with E-state index >= 15 is 0 Å². The molecule has 0 aliphatic carbocycles. The van der Waals surface area contributed by atoms with Gasteiger partial charge in [-0.05, 0) is 44.3 Å². The highest BCUT2D eigenvalue weighted by atomic mass is 35.5. The number of nitrogens with zero attached hydrogens (tertiary/aromatic N) is 1. The molecule has 1 aromatic rings. The van der Waals surface area contributed by atoms with Crippen molar-refractivity contribution >= 4 is 30.1 Å². The summed E-state index contributed by atoms with van der Waals surface area (Å²) in [7, 11) is 0. The predicted molar refractivity (Wildman–Crippen MR) is 102 cm³/mol. The van der Waals surface area contributed by atoms with Gasteiger partial charge in [0.1, 0.15) is 0 Å². The van der Waals surface area contributed by atoms with E-state index in [0.29, 0.717) is 5.91 Å². The fraction of sp³-hybridized carbons (Fsp3) is 0.611. The van der Waals surface area contributed by atoms with E-state index in [4.69, 9.17) is 0 Å². The van der Waals surface area contributed by atoms with Gasteiger partial charge in [-0.3, -0.25) is 4.79 Å². The number of piperidine rings is 1. The van der Waals surface area contributed by atoms with Crippen LogP contribution in [0.5, 0.6) is 0 Å². The lowest BCUT2D eigenvalue weighted by atomic mass is 9.96. The maximum Gasteiger partial charge on any atom is 0.235 e. The Hall–Kier alpha value is -0.710. The number of rotatable bonds is 7. The molecule has 1 saturated heterocycles. The fourth-order valence-corrected chi connectivity index (χ4v) is 3.76. The first kappa shape index (κ1) is 20.3. The number of carbonyl (C=O) groups is 1. The van der Waals surface area contributed by atoms with Crippen molar-refractivity contribution in [1.82, 2.24) is 10.2 Å². The monoisotopic (exact) mass is 356 g/mol. The van der Waals surface area contributed by atoms with E-state index in [2.05, 4.69) is 41.4 Å². The fourth-order valence-electron chi connectivity index (χ4n) is 2.83. The summed E-state index contributed by atoms with van der Waals surface area (Å²) in [6.07, 6.45) is 2.27. The molecular weight excluding hydrogens is 328 g/mol. The number of amides is 1. The second-order valence-corrected chi connectivity index (χ2v) is 7.34. The Bertz CT molecular complexity index is 450. The van der Waals surface area contributed by atoms with Gasteiger partial charge in [-0.2, -0.15) is 0 Å². The molecule has 1 aliphatic heterocycles. The van der Waals surface area contributed by atoms with Gasteiger partial charge < -0.3 is 10.2 Å². The van der Waals surface area contributed by atoms with Gasteiger partial charge in [0, 0.05) is 18.8 Å². The average Bonchev–Trinajstić information content (AvgIpc) is 2.58. The molecule has 1 fully saturated rings. The van der Waals surface area contributed by atoms with Crippen LogP contribution in [0.25, 0.3) is 0 Å². The summed E-state index contributed by atoms with van der Waals surface area (Å²) in [6.45, 7) is 8.16. The SMILES string of the molecule is CCNCC1CCN(C(=O)C(C)SCc2ccccc2)CC1.Cl. The Morgan fingerprint density at radius 2 is 1.96 bits per heavy atom. The van der Waals surface area contributed by atoms with Crippen LogP contribution in [0, 0.1) is 5.92 Å². The van der Waals surface area contributed by atoms with Crippen molar-refractivity contribution < 1.29 is 4.79 Å². The van der Waals surface area contributed by atoms with E-state index < -0.39 is 0 Å². The van der Waals surface area contributed by atoms with Crippen molar-refractivity contribution in [3.05, 3.63) is 35.9 Å². The normalized spacial score (nSPS) is 16.7. The van der Waals surface area contributed by atoms with Crippen LogP contribution in [0.4, 0.5) is 0 Å². The lowest BCUT2D eigenvalue weighted by Gasteiger charge is -2.33. The van der Waals surface area contributed by atoms with Gasteiger partial charge in [0.15, 0.2) is 0 Å². The second-order valence-electron chi connectivity index (χ2n) is 6.02. The maximum atomic E-state index is 12.5. The molecule has 1 amide bonds. The summed E-state index contributed by atoms with van der Waals surface area (Å²) >= 11 is 1.74. The number of hydrogen-bond acceptors (Lipinski definition) is 3. The Morgan fingerprint density at radius 1 is 1.30 bits per heavy atom. The van der Waals surface area contributed by atoms with E-state index in [0.717, 1.165) is 50.7 Å². The summed E-state index contributed by atoms with van der Waals surface area (Å²) in [5.41, 5.74) is 1.29. The average molecular weight is 357 g/mol. The van der Waals surface area contributed by atoms with Gasteiger partial charge in [-0.25, -0.2) is 0 Å². The summed E-state index contributed by atoms with van der Waals surface area (Å²) in [6, 6.07) is 10.4. The number of carbonyl (C=O) groups excluding carboxylic acids is 1. The third-order valence-corrected chi connectivity index (χ3v) is 5.50. The molecular formula is C18H29ClN2OS. The molecule has 1 heterocycles. The van der Waals surface area contributed by atoms with Crippen LogP contribution in [0.2, 0.25) is 0 Å².